The summed E-state index contributed by atoms with van der Waals surface area (Å²) in [4.78, 5) is 17.9. The number of carbonyl (C=O) groups excluding carboxylic acids is 1. The Morgan fingerprint density at radius 1 is 1.10 bits per heavy atom. The fourth-order valence-corrected chi connectivity index (χ4v) is 4.85. The summed E-state index contributed by atoms with van der Waals surface area (Å²) in [7, 11) is 0. The van der Waals surface area contributed by atoms with Gasteiger partial charge in [-0.3, -0.25) is 4.79 Å². The maximum atomic E-state index is 13.0. The molecular formula is C26H34N4O. The monoisotopic (exact) mass is 418 g/mol. The maximum absolute atomic E-state index is 13.0. The molecule has 164 valence electrons. The Hall–Kier alpha value is -2.69. The van der Waals surface area contributed by atoms with Crippen molar-refractivity contribution < 1.29 is 4.79 Å². The standard InChI is InChI=1S/C26H34N4O/c1-5-6-9-20-11-13-21(14-12-20)26(31)28-24-16-19(4)29-30(24)23-15-18(3)22-10-7-8-17(2)25(22)27-23/h7-8,10,15-16,20-21H,5-6,9,11-14H2,1-4H3,(H,28,31). The van der Waals surface area contributed by atoms with Crippen LogP contribution in [0.15, 0.2) is 30.3 Å². The van der Waals surface area contributed by atoms with Crippen molar-refractivity contribution in [3.63, 3.8) is 0 Å². The largest absolute Gasteiger partial charge is 0.310 e. The molecule has 3 aromatic rings. The van der Waals surface area contributed by atoms with Crippen molar-refractivity contribution in [2.45, 2.75) is 72.6 Å². The number of unbranched alkanes of at least 4 members (excludes halogenated alkanes) is 1. The van der Waals surface area contributed by atoms with E-state index in [1.165, 1.54) is 32.1 Å². The molecule has 1 N–H and O–H groups in total. The second kappa shape index (κ2) is 9.21. The summed E-state index contributed by atoms with van der Waals surface area (Å²) in [5.74, 6) is 2.45. The SMILES string of the molecule is CCCCC1CCC(C(=O)Nc2cc(C)nn2-c2cc(C)c3cccc(C)c3n2)CC1. The molecule has 1 amide bonds. The molecule has 0 bridgehead atoms. The van der Waals surface area contributed by atoms with Gasteiger partial charge in [0.25, 0.3) is 0 Å². The molecule has 1 aliphatic rings. The normalized spacial score (nSPS) is 19.0. The van der Waals surface area contributed by atoms with Gasteiger partial charge in [-0.15, -0.1) is 0 Å². The molecule has 0 saturated heterocycles. The summed E-state index contributed by atoms with van der Waals surface area (Å²) in [5, 5.41) is 8.95. The highest BCUT2D eigenvalue weighted by Gasteiger charge is 2.27. The fourth-order valence-electron chi connectivity index (χ4n) is 4.85. The van der Waals surface area contributed by atoms with Crippen molar-refractivity contribution in [3.05, 3.63) is 47.2 Å². The first-order valence-corrected chi connectivity index (χ1v) is 11.7. The third-order valence-electron chi connectivity index (χ3n) is 6.72. The zero-order valence-electron chi connectivity index (χ0n) is 19.2. The Balaban J connectivity index is 1.54. The molecule has 1 aromatic carbocycles. The second-order valence-corrected chi connectivity index (χ2v) is 9.20. The van der Waals surface area contributed by atoms with E-state index in [-0.39, 0.29) is 11.8 Å². The molecule has 0 unspecified atom stereocenters. The lowest BCUT2D eigenvalue weighted by molar-refractivity contribution is -0.121. The molecule has 31 heavy (non-hydrogen) atoms. The number of para-hydroxylation sites is 1. The van der Waals surface area contributed by atoms with Crippen molar-refractivity contribution in [2.75, 3.05) is 5.32 Å². The molecule has 2 aromatic heterocycles. The third kappa shape index (κ3) is 4.65. The molecule has 0 spiro atoms. The number of nitrogens with one attached hydrogen (secondary N) is 1. The quantitative estimate of drug-likeness (QED) is 0.512. The molecule has 0 aliphatic heterocycles. The van der Waals surface area contributed by atoms with Gasteiger partial charge in [0.2, 0.25) is 5.91 Å². The van der Waals surface area contributed by atoms with Crippen molar-refractivity contribution in [2.24, 2.45) is 11.8 Å². The van der Waals surface area contributed by atoms with Crippen molar-refractivity contribution in [3.8, 4) is 5.82 Å². The molecule has 5 heteroatoms. The van der Waals surface area contributed by atoms with Crippen LogP contribution in [0.4, 0.5) is 5.82 Å². The maximum Gasteiger partial charge on any atom is 0.228 e. The van der Waals surface area contributed by atoms with Crippen LogP contribution < -0.4 is 5.32 Å². The highest BCUT2D eigenvalue weighted by Crippen LogP contribution is 2.33. The van der Waals surface area contributed by atoms with Crippen LogP contribution in [-0.4, -0.2) is 20.7 Å². The summed E-state index contributed by atoms with van der Waals surface area (Å²) in [6.45, 7) is 8.37. The van der Waals surface area contributed by atoms with Crippen molar-refractivity contribution in [1.82, 2.24) is 14.8 Å². The number of aromatic nitrogens is 3. The van der Waals surface area contributed by atoms with Crippen molar-refractivity contribution in [1.29, 1.82) is 0 Å². The van der Waals surface area contributed by atoms with Crippen LogP contribution >= 0.6 is 0 Å². The van der Waals surface area contributed by atoms with Crippen LogP contribution in [-0.2, 0) is 4.79 Å². The number of pyridine rings is 1. The number of nitrogens with zero attached hydrogens (tertiary/aromatic N) is 3. The number of aryl methyl sites for hydroxylation is 3. The Labute approximate surface area is 185 Å². The number of carbonyl (C=O) groups is 1. The van der Waals surface area contributed by atoms with Gasteiger partial charge >= 0.3 is 0 Å². The molecule has 0 radical (unpaired) electrons. The molecule has 5 nitrogen and oxygen atoms in total. The smallest absolute Gasteiger partial charge is 0.228 e. The lowest BCUT2D eigenvalue weighted by Crippen LogP contribution is -2.28. The van der Waals surface area contributed by atoms with Gasteiger partial charge in [0.05, 0.1) is 11.2 Å². The van der Waals surface area contributed by atoms with E-state index < -0.39 is 0 Å². The minimum Gasteiger partial charge on any atom is -0.310 e. The summed E-state index contributed by atoms with van der Waals surface area (Å²) in [6, 6.07) is 10.2. The van der Waals surface area contributed by atoms with Crippen LogP contribution in [0.1, 0.15) is 68.7 Å². The van der Waals surface area contributed by atoms with Crippen molar-refractivity contribution >= 4 is 22.6 Å². The lowest BCUT2D eigenvalue weighted by atomic mass is 9.79. The lowest BCUT2D eigenvalue weighted by Gasteiger charge is -2.27. The first-order chi connectivity index (χ1) is 15.0. The van der Waals surface area contributed by atoms with Gasteiger partial charge in [-0.1, -0.05) is 44.4 Å². The van der Waals surface area contributed by atoms with E-state index in [4.69, 9.17) is 4.98 Å². The highest BCUT2D eigenvalue weighted by molar-refractivity contribution is 5.92. The summed E-state index contributed by atoms with van der Waals surface area (Å²) in [5.41, 5.74) is 4.13. The highest BCUT2D eigenvalue weighted by atomic mass is 16.2. The molecule has 0 atom stereocenters. The summed E-state index contributed by atoms with van der Waals surface area (Å²) < 4.78 is 1.78. The van der Waals surface area contributed by atoms with Gasteiger partial charge in [0, 0.05) is 17.4 Å². The van der Waals surface area contributed by atoms with E-state index in [0.29, 0.717) is 5.82 Å². The molecule has 2 heterocycles. The van der Waals surface area contributed by atoms with E-state index >= 15 is 0 Å². The van der Waals surface area contributed by atoms with Gasteiger partial charge in [-0.05, 0) is 69.6 Å². The zero-order chi connectivity index (χ0) is 22.0. The van der Waals surface area contributed by atoms with E-state index in [1.54, 1.807) is 4.68 Å². The number of anilines is 1. The second-order valence-electron chi connectivity index (χ2n) is 9.20. The molecule has 4 rings (SSSR count). The molecule has 1 aliphatic carbocycles. The predicted octanol–water partition coefficient (Wildman–Crippen LogP) is 6.28. The van der Waals surface area contributed by atoms with E-state index in [9.17, 15) is 4.79 Å². The van der Waals surface area contributed by atoms with Gasteiger partial charge in [-0.2, -0.15) is 9.78 Å². The first-order valence-electron chi connectivity index (χ1n) is 11.7. The number of hydrogen-bond donors (Lipinski definition) is 1. The number of amides is 1. The first kappa shape index (κ1) is 21.5. The minimum absolute atomic E-state index is 0.0927. The minimum atomic E-state index is 0.0927. The topological polar surface area (TPSA) is 59.8 Å². The van der Waals surface area contributed by atoms with Crippen LogP contribution in [0.25, 0.3) is 16.7 Å². The zero-order valence-corrected chi connectivity index (χ0v) is 19.2. The Morgan fingerprint density at radius 3 is 2.61 bits per heavy atom. The van der Waals surface area contributed by atoms with Crippen LogP contribution in [0.3, 0.4) is 0 Å². The Bertz CT molecular complexity index is 1080. The van der Waals surface area contributed by atoms with E-state index in [1.807, 2.05) is 19.1 Å². The number of benzene rings is 1. The Morgan fingerprint density at radius 2 is 1.87 bits per heavy atom. The van der Waals surface area contributed by atoms with E-state index in [2.05, 4.69) is 49.4 Å². The summed E-state index contributed by atoms with van der Waals surface area (Å²) >= 11 is 0. The van der Waals surface area contributed by atoms with Crippen LogP contribution in [0.5, 0.6) is 0 Å². The predicted molar refractivity (Wildman–Crippen MR) is 127 cm³/mol. The van der Waals surface area contributed by atoms with Gasteiger partial charge < -0.3 is 5.32 Å². The van der Waals surface area contributed by atoms with Gasteiger partial charge in [0.1, 0.15) is 5.82 Å². The number of fused-ring (bicyclic) bond motifs is 1. The number of hydrogen-bond acceptors (Lipinski definition) is 3. The van der Waals surface area contributed by atoms with Gasteiger partial charge in [-0.25, -0.2) is 4.98 Å². The third-order valence-corrected chi connectivity index (χ3v) is 6.72. The molecular weight excluding hydrogens is 384 g/mol. The number of rotatable bonds is 6. The average molecular weight is 419 g/mol. The summed E-state index contributed by atoms with van der Waals surface area (Å²) in [6.07, 6.45) is 8.17. The van der Waals surface area contributed by atoms with Crippen LogP contribution in [0, 0.1) is 32.6 Å². The fraction of sp³-hybridized carbons (Fsp3) is 0.500. The Kier molecular flexibility index (Phi) is 6.40. The average Bonchev–Trinajstić information content (AvgIpc) is 3.13. The molecule has 1 saturated carbocycles. The van der Waals surface area contributed by atoms with E-state index in [0.717, 1.165) is 52.3 Å². The van der Waals surface area contributed by atoms with Crippen LogP contribution in [0.2, 0.25) is 0 Å². The van der Waals surface area contributed by atoms with Gasteiger partial charge in [0.15, 0.2) is 5.82 Å². The molecule has 1 fully saturated rings.